The summed E-state index contributed by atoms with van der Waals surface area (Å²) in [5.41, 5.74) is 2.07. The SMILES string of the molecule is C[C@@H](C(=O)O)c1cccc(OCc2ccccc2C#N)c1. The lowest BCUT2D eigenvalue weighted by molar-refractivity contribution is -0.138. The molecule has 2 aromatic carbocycles. The second-order valence-corrected chi connectivity index (χ2v) is 4.69. The summed E-state index contributed by atoms with van der Waals surface area (Å²) in [5.74, 6) is -0.865. The van der Waals surface area contributed by atoms with Gasteiger partial charge in [-0.3, -0.25) is 4.79 Å². The summed E-state index contributed by atoms with van der Waals surface area (Å²) in [7, 11) is 0. The van der Waals surface area contributed by atoms with E-state index in [9.17, 15) is 4.79 Å². The highest BCUT2D eigenvalue weighted by molar-refractivity contribution is 5.75. The van der Waals surface area contributed by atoms with Gasteiger partial charge < -0.3 is 9.84 Å². The van der Waals surface area contributed by atoms with Crippen molar-refractivity contribution in [3.8, 4) is 11.8 Å². The van der Waals surface area contributed by atoms with Crippen LogP contribution in [0, 0.1) is 11.3 Å². The Morgan fingerprint density at radius 1 is 1.29 bits per heavy atom. The van der Waals surface area contributed by atoms with Crippen LogP contribution < -0.4 is 4.74 Å². The van der Waals surface area contributed by atoms with Crippen LogP contribution >= 0.6 is 0 Å². The molecule has 0 radical (unpaired) electrons. The van der Waals surface area contributed by atoms with Crippen molar-refractivity contribution in [3.05, 3.63) is 65.2 Å². The molecular weight excluding hydrogens is 266 g/mol. The van der Waals surface area contributed by atoms with Gasteiger partial charge in [-0.1, -0.05) is 30.3 Å². The van der Waals surface area contributed by atoms with E-state index in [1.54, 1.807) is 43.3 Å². The summed E-state index contributed by atoms with van der Waals surface area (Å²) >= 11 is 0. The lowest BCUT2D eigenvalue weighted by atomic mass is 10.0. The molecule has 1 atom stereocenters. The van der Waals surface area contributed by atoms with Gasteiger partial charge in [0.05, 0.1) is 17.6 Å². The molecule has 0 unspecified atom stereocenters. The molecule has 0 aliphatic rings. The van der Waals surface area contributed by atoms with Gasteiger partial charge in [-0.05, 0) is 30.7 Å². The van der Waals surface area contributed by atoms with Gasteiger partial charge in [0.2, 0.25) is 0 Å². The summed E-state index contributed by atoms with van der Waals surface area (Å²) in [4.78, 5) is 11.0. The zero-order valence-corrected chi connectivity index (χ0v) is 11.6. The normalized spacial score (nSPS) is 11.4. The smallest absolute Gasteiger partial charge is 0.310 e. The molecule has 0 bridgehead atoms. The minimum atomic E-state index is -0.873. The Hall–Kier alpha value is -2.80. The topological polar surface area (TPSA) is 70.3 Å². The van der Waals surface area contributed by atoms with E-state index in [4.69, 9.17) is 15.1 Å². The first kappa shape index (κ1) is 14.6. The van der Waals surface area contributed by atoms with Crippen molar-refractivity contribution in [1.29, 1.82) is 5.26 Å². The van der Waals surface area contributed by atoms with E-state index in [1.165, 1.54) is 0 Å². The monoisotopic (exact) mass is 281 g/mol. The number of nitriles is 1. The minimum absolute atomic E-state index is 0.272. The average molecular weight is 281 g/mol. The third-order valence-corrected chi connectivity index (χ3v) is 3.26. The molecule has 4 nitrogen and oxygen atoms in total. The third-order valence-electron chi connectivity index (χ3n) is 3.26. The molecule has 4 heteroatoms. The largest absolute Gasteiger partial charge is 0.489 e. The molecule has 0 saturated heterocycles. The van der Waals surface area contributed by atoms with E-state index in [-0.39, 0.29) is 6.61 Å². The second-order valence-electron chi connectivity index (χ2n) is 4.69. The Morgan fingerprint density at radius 2 is 2.05 bits per heavy atom. The van der Waals surface area contributed by atoms with Crippen LogP contribution in [0.1, 0.15) is 29.5 Å². The zero-order valence-electron chi connectivity index (χ0n) is 11.6. The minimum Gasteiger partial charge on any atom is -0.489 e. The fourth-order valence-electron chi connectivity index (χ4n) is 1.93. The molecule has 21 heavy (non-hydrogen) atoms. The zero-order chi connectivity index (χ0) is 15.2. The third kappa shape index (κ3) is 3.61. The fourth-order valence-corrected chi connectivity index (χ4v) is 1.93. The molecule has 2 rings (SSSR count). The molecule has 2 aromatic rings. The number of hydrogen-bond donors (Lipinski definition) is 1. The first-order chi connectivity index (χ1) is 10.1. The van der Waals surface area contributed by atoms with Crippen molar-refractivity contribution in [3.63, 3.8) is 0 Å². The molecule has 0 spiro atoms. The number of benzene rings is 2. The number of carbonyl (C=O) groups is 1. The maximum Gasteiger partial charge on any atom is 0.310 e. The van der Waals surface area contributed by atoms with Crippen LogP contribution in [0.15, 0.2) is 48.5 Å². The molecule has 1 N–H and O–H groups in total. The van der Waals surface area contributed by atoms with Crippen molar-refractivity contribution in [2.24, 2.45) is 0 Å². The van der Waals surface area contributed by atoms with Gasteiger partial charge in [0.1, 0.15) is 12.4 Å². The summed E-state index contributed by atoms with van der Waals surface area (Å²) in [5, 5.41) is 18.0. The van der Waals surface area contributed by atoms with E-state index in [0.717, 1.165) is 5.56 Å². The Kier molecular flexibility index (Phi) is 4.57. The Labute approximate surface area is 123 Å². The van der Waals surface area contributed by atoms with Gasteiger partial charge >= 0.3 is 5.97 Å². The number of carboxylic acid groups (broad SMARTS) is 1. The molecule has 0 aliphatic heterocycles. The summed E-state index contributed by atoms with van der Waals surface area (Å²) in [6.45, 7) is 1.90. The fraction of sp³-hybridized carbons (Fsp3) is 0.176. The Balaban J connectivity index is 2.12. The van der Waals surface area contributed by atoms with Crippen molar-refractivity contribution in [2.75, 3.05) is 0 Å². The molecule has 0 saturated carbocycles. The number of carboxylic acids is 1. The van der Waals surface area contributed by atoms with Crippen molar-refractivity contribution >= 4 is 5.97 Å². The summed E-state index contributed by atoms with van der Waals surface area (Å²) < 4.78 is 5.66. The van der Waals surface area contributed by atoms with Crippen molar-refractivity contribution in [2.45, 2.75) is 19.4 Å². The predicted octanol–water partition coefficient (Wildman–Crippen LogP) is 3.33. The summed E-state index contributed by atoms with van der Waals surface area (Å²) in [6.07, 6.45) is 0. The molecule has 106 valence electrons. The van der Waals surface area contributed by atoms with Crippen LogP contribution in [0.25, 0.3) is 0 Å². The predicted molar refractivity (Wildman–Crippen MR) is 78.0 cm³/mol. The van der Waals surface area contributed by atoms with Crippen LogP contribution in [0.2, 0.25) is 0 Å². The van der Waals surface area contributed by atoms with Crippen LogP contribution in [0.4, 0.5) is 0 Å². The van der Waals surface area contributed by atoms with Gasteiger partial charge in [0.15, 0.2) is 0 Å². The van der Waals surface area contributed by atoms with Crippen LogP contribution in [0.3, 0.4) is 0 Å². The lowest BCUT2D eigenvalue weighted by Gasteiger charge is -2.11. The van der Waals surface area contributed by atoms with Gasteiger partial charge in [0, 0.05) is 5.56 Å². The van der Waals surface area contributed by atoms with Crippen molar-refractivity contribution < 1.29 is 14.6 Å². The highest BCUT2D eigenvalue weighted by atomic mass is 16.5. The first-order valence-electron chi connectivity index (χ1n) is 6.55. The summed E-state index contributed by atoms with van der Waals surface area (Å²) in [6, 6.07) is 16.4. The number of aliphatic carboxylic acids is 1. The van der Waals surface area contributed by atoms with Crippen LogP contribution in [0.5, 0.6) is 5.75 Å². The number of nitrogens with zero attached hydrogens (tertiary/aromatic N) is 1. The molecule has 0 fully saturated rings. The molecule has 0 amide bonds. The molecule has 0 aliphatic carbocycles. The lowest BCUT2D eigenvalue weighted by Crippen LogP contribution is -2.07. The van der Waals surface area contributed by atoms with Crippen molar-refractivity contribution in [1.82, 2.24) is 0 Å². The standard InChI is InChI=1S/C17H15NO3/c1-12(17(19)20)13-7-4-8-16(9-13)21-11-15-6-3-2-5-14(15)10-18/h2-9,12H,11H2,1H3,(H,19,20)/t12-/m1/s1. The van der Waals surface area contributed by atoms with E-state index in [1.807, 2.05) is 12.1 Å². The highest BCUT2D eigenvalue weighted by Gasteiger charge is 2.14. The maximum atomic E-state index is 11.0. The number of ether oxygens (including phenoxy) is 1. The van der Waals surface area contributed by atoms with E-state index in [0.29, 0.717) is 16.9 Å². The highest BCUT2D eigenvalue weighted by Crippen LogP contribution is 2.22. The Morgan fingerprint density at radius 3 is 2.76 bits per heavy atom. The molecule has 0 heterocycles. The van der Waals surface area contributed by atoms with Gasteiger partial charge in [-0.25, -0.2) is 0 Å². The number of rotatable bonds is 5. The average Bonchev–Trinajstić information content (AvgIpc) is 2.52. The van der Waals surface area contributed by atoms with E-state index in [2.05, 4.69) is 6.07 Å². The maximum absolute atomic E-state index is 11.0. The molecule has 0 aromatic heterocycles. The van der Waals surface area contributed by atoms with Gasteiger partial charge in [-0.15, -0.1) is 0 Å². The second kappa shape index (κ2) is 6.58. The van der Waals surface area contributed by atoms with Crippen LogP contribution in [-0.4, -0.2) is 11.1 Å². The quantitative estimate of drug-likeness (QED) is 0.912. The van der Waals surface area contributed by atoms with E-state index < -0.39 is 11.9 Å². The van der Waals surface area contributed by atoms with Gasteiger partial charge in [-0.2, -0.15) is 5.26 Å². The first-order valence-corrected chi connectivity index (χ1v) is 6.55. The molecular formula is C17H15NO3. The van der Waals surface area contributed by atoms with E-state index >= 15 is 0 Å². The Bertz CT molecular complexity index is 688. The van der Waals surface area contributed by atoms with Crippen LogP contribution in [-0.2, 0) is 11.4 Å². The van der Waals surface area contributed by atoms with Gasteiger partial charge in [0.25, 0.3) is 0 Å². The number of hydrogen-bond acceptors (Lipinski definition) is 3.